The number of carbonyl (C=O) groups excluding carboxylic acids is 1. The van der Waals surface area contributed by atoms with E-state index in [0.29, 0.717) is 21.3 Å². The van der Waals surface area contributed by atoms with E-state index in [2.05, 4.69) is 4.98 Å². The van der Waals surface area contributed by atoms with Crippen LogP contribution in [0.4, 0.5) is 0 Å². The number of ether oxygens (including phenoxy) is 2. The summed E-state index contributed by atoms with van der Waals surface area (Å²) in [6.45, 7) is 0.0241. The zero-order chi connectivity index (χ0) is 15.7. The van der Waals surface area contributed by atoms with Gasteiger partial charge in [0.15, 0.2) is 15.8 Å². The van der Waals surface area contributed by atoms with E-state index in [9.17, 15) is 4.79 Å². The molecule has 0 aliphatic heterocycles. The van der Waals surface area contributed by atoms with Crippen LogP contribution in [-0.4, -0.2) is 22.5 Å². The molecule has 114 valence electrons. The Hall–Kier alpha value is -1.76. The van der Waals surface area contributed by atoms with Crippen LogP contribution in [0.25, 0.3) is 4.96 Å². The van der Waals surface area contributed by atoms with Crippen LogP contribution >= 0.6 is 34.5 Å². The first-order valence-corrected chi connectivity index (χ1v) is 7.84. The molecule has 8 heteroatoms. The fourth-order valence-electron chi connectivity index (χ4n) is 2.01. The fourth-order valence-corrected chi connectivity index (χ4v) is 3.22. The van der Waals surface area contributed by atoms with Crippen LogP contribution in [0.15, 0.2) is 29.8 Å². The van der Waals surface area contributed by atoms with Gasteiger partial charge in [-0.3, -0.25) is 4.40 Å². The molecule has 0 N–H and O–H groups in total. The van der Waals surface area contributed by atoms with Gasteiger partial charge in [0.05, 0.1) is 7.11 Å². The number of thiazole rings is 1. The van der Waals surface area contributed by atoms with E-state index < -0.39 is 5.97 Å². The molecule has 0 saturated carbocycles. The van der Waals surface area contributed by atoms with Gasteiger partial charge in [0, 0.05) is 22.2 Å². The summed E-state index contributed by atoms with van der Waals surface area (Å²) in [5, 5.41) is 2.47. The van der Waals surface area contributed by atoms with E-state index in [1.807, 2.05) is 5.38 Å². The first kappa shape index (κ1) is 15.1. The zero-order valence-electron chi connectivity index (χ0n) is 11.4. The number of halogens is 2. The Morgan fingerprint density at radius 2 is 2.23 bits per heavy atom. The van der Waals surface area contributed by atoms with Crippen molar-refractivity contribution in [1.29, 1.82) is 0 Å². The molecule has 0 aliphatic carbocycles. The van der Waals surface area contributed by atoms with Crippen molar-refractivity contribution >= 4 is 45.5 Å². The second kappa shape index (κ2) is 6.16. The van der Waals surface area contributed by atoms with E-state index in [1.54, 1.807) is 28.8 Å². The van der Waals surface area contributed by atoms with Crippen molar-refractivity contribution < 1.29 is 14.3 Å². The Morgan fingerprint density at radius 1 is 1.41 bits per heavy atom. The maximum Gasteiger partial charge on any atom is 0.358 e. The summed E-state index contributed by atoms with van der Waals surface area (Å²) < 4.78 is 12.1. The predicted molar refractivity (Wildman–Crippen MR) is 85.2 cm³/mol. The zero-order valence-corrected chi connectivity index (χ0v) is 13.7. The number of fused-ring (bicyclic) bond motifs is 1. The highest BCUT2D eigenvalue weighted by molar-refractivity contribution is 7.15. The van der Waals surface area contributed by atoms with Crippen LogP contribution < -0.4 is 4.74 Å². The number of imidazole rings is 1. The summed E-state index contributed by atoms with van der Waals surface area (Å²) in [5.74, 6) is 0.0372. The first-order chi connectivity index (χ1) is 10.6. The van der Waals surface area contributed by atoms with Crippen LogP contribution in [0.3, 0.4) is 0 Å². The molecule has 2 aromatic heterocycles. The summed E-state index contributed by atoms with van der Waals surface area (Å²) in [7, 11) is 1.54. The van der Waals surface area contributed by atoms with Gasteiger partial charge in [-0.05, 0) is 18.2 Å². The van der Waals surface area contributed by atoms with Crippen molar-refractivity contribution in [2.24, 2.45) is 0 Å². The van der Waals surface area contributed by atoms with Gasteiger partial charge in [-0.15, -0.1) is 11.3 Å². The molecule has 2 heterocycles. The normalized spacial score (nSPS) is 10.9. The molecule has 5 nitrogen and oxygen atoms in total. The minimum Gasteiger partial charge on any atom is -0.496 e. The number of benzene rings is 1. The van der Waals surface area contributed by atoms with Crippen molar-refractivity contribution in [3.8, 4) is 5.75 Å². The van der Waals surface area contributed by atoms with Crippen LogP contribution in [0.2, 0.25) is 10.2 Å². The highest BCUT2D eigenvalue weighted by atomic mass is 35.5. The monoisotopic (exact) mass is 356 g/mol. The Labute approximate surface area is 140 Å². The molecule has 0 bridgehead atoms. The Morgan fingerprint density at radius 3 is 3.00 bits per heavy atom. The van der Waals surface area contributed by atoms with Gasteiger partial charge in [0.1, 0.15) is 12.4 Å². The van der Waals surface area contributed by atoms with Gasteiger partial charge in [-0.1, -0.05) is 23.2 Å². The molecule has 0 saturated heterocycles. The standard InChI is InChI=1S/C14H10Cl2N2O3S/c1-20-10-3-2-9(15)6-8(10)7-21-13(19)11-12(16)17-14-18(11)4-5-22-14/h2-6H,7H2,1H3. The summed E-state index contributed by atoms with van der Waals surface area (Å²) in [6.07, 6.45) is 1.72. The number of carbonyl (C=O) groups is 1. The van der Waals surface area contributed by atoms with Crippen LogP contribution in [0.5, 0.6) is 5.75 Å². The average molecular weight is 357 g/mol. The highest BCUT2D eigenvalue weighted by Crippen LogP contribution is 2.25. The van der Waals surface area contributed by atoms with Gasteiger partial charge in [-0.25, -0.2) is 9.78 Å². The van der Waals surface area contributed by atoms with Crippen LogP contribution in [0, 0.1) is 0 Å². The number of nitrogens with zero attached hydrogens (tertiary/aromatic N) is 2. The third-order valence-corrected chi connectivity index (χ3v) is 4.27. The molecule has 0 spiro atoms. The molecule has 0 amide bonds. The molecule has 3 aromatic rings. The second-order valence-electron chi connectivity index (χ2n) is 4.34. The van der Waals surface area contributed by atoms with Crippen molar-refractivity contribution in [1.82, 2.24) is 9.38 Å². The van der Waals surface area contributed by atoms with Crippen molar-refractivity contribution in [2.75, 3.05) is 7.11 Å². The highest BCUT2D eigenvalue weighted by Gasteiger charge is 2.20. The lowest BCUT2D eigenvalue weighted by Crippen LogP contribution is -2.09. The molecule has 0 radical (unpaired) electrons. The molecule has 0 aliphatic rings. The third-order valence-electron chi connectivity index (χ3n) is 3.01. The number of methoxy groups -OCH3 is 1. The summed E-state index contributed by atoms with van der Waals surface area (Å²) >= 11 is 13.3. The van der Waals surface area contributed by atoms with E-state index >= 15 is 0 Å². The maximum absolute atomic E-state index is 12.3. The number of hydrogen-bond donors (Lipinski definition) is 0. The molecular formula is C14H10Cl2N2O3S. The van der Waals surface area contributed by atoms with Crippen molar-refractivity contribution in [2.45, 2.75) is 6.61 Å². The van der Waals surface area contributed by atoms with Gasteiger partial charge in [0.25, 0.3) is 0 Å². The second-order valence-corrected chi connectivity index (χ2v) is 6.01. The smallest absolute Gasteiger partial charge is 0.358 e. The van der Waals surface area contributed by atoms with Gasteiger partial charge >= 0.3 is 5.97 Å². The first-order valence-electron chi connectivity index (χ1n) is 6.20. The number of hydrogen-bond acceptors (Lipinski definition) is 5. The SMILES string of the molecule is COc1ccc(Cl)cc1COC(=O)c1c(Cl)nc2sccn12. The number of rotatable bonds is 4. The summed E-state index contributed by atoms with van der Waals surface area (Å²) in [6, 6.07) is 5.11. The van der Waals surface area contributed by atoms with E-state index in [0.717, 1.165) is 0 Å². The molecule has 22 heavy (non-hydrogen) atoms. The minimum absolute atomic E-state index is 0.0241. The van der Waals surface area contributed by atoms with Crippen LogP contribution in [-0.2, 0) is 11.3 Å². The molecule has 3 rings (SSSR count). The van der Waals surface area contributed by atoms with Crippen LogP contribution in [0.1, 0.15) is 16.1 Å². The van der Waals surface area contributed by atoms with Crippen molar-refractivity contribution in [3.05, 3.63) is 51.2 Å². The minimum atomic E-state index is -0.557. The van der Waals surface area contributed by atoms with Gasteiger partial charge < -0.3 is 9.47 Å². The fraction of sp³-hybridized carbons (Fsp3) is 0.143. The number of aromatic nitrogens is 2. The molecular weight excluding hydrogens is 347 g/mol. The van der Waals surface area contributed by atoms with E-state index in [1.165, 1.54) is 18.4 Å². The topological polar surface area (TPSA) is 52.8 Å². The average Bonchev–Trinajstić information content (AvgIpc) is 3.04. The largest absolute Gasteiger partial charge is 0.496 e. The lowest BCUT2D eigenvalue weighted by molar-refractivity contribution is 0.0462. The lowest BCUT2D eigenvalue weighted by atomic mass is 10.2. The van der Waals surface area contributed by atoms with Crippen molar-refractivity contribution in [3.63, 3.8) is 0 Å². The van der Waals surface area contributed by atoms with E-state index in [4.69, 9.17) is 32.7 Å². The summed E-state index contributed by atoms with van der Waals surface area (Å²) in [5.41, 5.74) is 0.879. The van der Waals surface area contributed by atoms with Gasteiger partial charge in [0.2, 0.25) is 0 Å². The summed E-state index contributed by atoms with van der Waals surface area (Å²) in [4.78, 5) is 17.0. The van der Waals surface area contributed by atoms with E-state index in [-0.39, 0.29) is 17.5 Å². The van der Waals surface area contributed by atoms with Gasteiger partial charge in [-0.2, -0.15) is 0 Å². The lowest BCUT2D eigenvalue weighted by Gasteiger charge is -2.09. The Kier molecular flexibility index (Phi) is 4.24. The third kappa shape index (κ3) is 2.77. The Bertz CT molecular complexity index is 844. The predicted octanol–water partition coefficient (Wildman–Crippen LogP) is 4.07. The number of esters is 1. The molecule has 0 fully saturated rings. The molecule has 0 atom stereocenters. The quantitative estimate of drug-likeness (QED) is 0.661. The molecule has 1 aromatic carbocycles. The maximum atomic E-state index is 12.3. The molecule has 0 unspecified atom stereocenters. The Balaban J connectivity index is 1.82.